The molecule has 1 saturated carbocycles. The first-order valence-corrected chi connectivity index (χ1v) is 4.94. The van der Waals surface area contributed by atoms with Gasteiger partial charge in [0.05, 0.1) is 6.20 Å². The van der Waals surface area contributed by atoms with Crippen molar-refractivity contribution < 1.29 is 9.90 Å². The van der Waals surface area contributed by atoms with Gasteiger partial charge in [0.25, 0.3) is 0 Å². The van der Waals surface area contributed by atoms with Crippen LogP contribution in [0.1, 0.15) is 35.8 Å². The zero-order valence-corrected chi connectivity index (χ0v) is 8.16. The third kappa shape index (κ3) is 1.78. The summed E-state index contributed by atoms with van der Waals surface area (Å²) in [6.07, 6.45) is 4.76. The molecule has 2 N–H and O–H groups in total. The Morgan fingerprint density at radius 3 is 3.07 bits per heavy atom. The quantitative estimate of drug-likeness (QED) is 0.766. The van der Waals surface area contributed by atoms with Crippen LogP contribution in [0.15, 0.2) is 6.20 Å². The van der Waals surface area contributed by atoms with Gasteiger partial charge >= 0.3 is 5.97 Å². The lowest BCUT2D eigenvalue weighted by molar-refractivity contribution is 0.0695. The summed E-state index contributed by atoms with van der Waals surface area (Å²) in [6.45, 7) is 2.17. The van der Waals surface area contributed by atoms with Gasteiger partial charge in [0.2, 0.25) is 0 Å². The largest absolute Gasteiger partial charge is 0.478 e. The van der Waals surface area contributed by atoms with E-state index in [0.717, 1.165) is 18.0 Å². The predicted molar refractivity (Wildman–Crippen MR) is 51.1 cm³/mol. The van der Waals surface area contributed by atoms with Gasteiger partial charge in [0.1, 0.15) is 5.56 Å². The summed E-state index contributed by atoms with van der Waals surface area (Å²) >= 11 is 0. The average molecular weight is 194 g/mol. The first-order chi connectivity index (χ1) is 6.68. The highest BCUT2D eigenvalue weighted by atomic mass is 16.4. The van der Waals surface area contributed by atoms with E-state index < -0.39 is 5.97 Å². The number of aromatic carboxylic acids is 1. The lowest BCUT2D eigenvalue weighted by atomic mass is 9.98. The molecule has 4 nitrogen and oxygen atoms in total. The molecule has 0 amide bonds. The second-order valence-corrected chi connectivity index (χ2v) is 4.09. The van der Waals surface area contributed by atoms with E-state index >= 15 is 0 Å². The Morgan fingerprint density at radius 1 is 1.79 bits per heavy atom. The molecule has 1 aliphatic carbocycles. The molecule has 1 unspecified atom stereocenters. The van der Waals surface area contributed by atoms with Crippen LogP contribution in [0.2, 0.25) is 0 Å². The van der Waals surface area contributed by atoms with Gasteiger partial charge < -0.3 is 5.11 Å². The van der Waals surface area contributed by atoms with Crippen LogP contribution in [0.5, 0.6) is 0 Å². The van der Waals surface area contributed by atoms with Crippen molar-refractivity contribution in [1.29, 1.82) is 0 Å². The number of nitrogens with zero attached hydrogens (tertiary/aromatic N) is 1. The number of hydrogen-bond acceptors (Lipinski definition) is 2. The molecule has 4 heteroatoms. The lowest BCUT2D eigenvalue weighted by Crippen LogP contribution is -2.07. The highest BCUT2D eigenvalue weighted by molar-refractivity contribution is 5.88. The number of H-pyrrole nitrogens is 1. The fraction of sp³-hybridized carbons (Fsp3) is 0.600. The zero-order valence-electron chi connectivity index (χ0n) is 8.16. The lowest BCUT2D eigenvalue weighted by Gasteiger charge is -2.08. The fourth-order valence-corrected chi connectivity index (χ4v) is 1.81. The molecule has 2 rings (SSSR count). The van der Waals surface area contributed by atoms with Gasteiger partial charge in [-0.1, -0.05) is 6.92 Å². The van der Waals surface area contributed by atoms with Gasteiger partial charge in [-0.05, 0) is 31.1 Å². The van der Waals surface area contributed by atoms with Crippen LogP contribution in [-0.4, -0.2) is 21.3 Å². The summed E-state index contributed by atoms with van der Waals surface area (Å²) in [4.78, 5) is 10.8. The molecule has 0 spiro atoms. The summed E-state index contributed by atoms with van der Waals surface area (Å²) in [6, 6.07) is 0. The van der Waals surface area contributed by atoms with E-state index in [-0.39, 0.29) is 0 Å². The van der Waals surface area contributed by atoms with Crippen molar-refractivity contribution in [3.63, 3.8) is 0 Å². The molecular formula is C10H14N2O2. The second-order valence-electron chi connectivity index (χ2n) is 4.09. The number of carboxylic acids is 1. The molecule has 14 heavy (non-hydrogen) atoms. The molecule has 0 saturated heterocycles. The molecule has 0 radical (unpaired) electrons. The van der Waals surface area contributed by atoms with Crippen molar-refractivity contribution in [2.24, 2.45) is 11.8 Å². The topological polar surface area (TPSA) is 66.0 Å². The number of carbonyl (C=O) groups is 1. The van der Waals surface area contributed by atoms with Gasteiger partial charge in [-0.25, -0.2) is 4.79 Å². The van der Waals surface area contributed by atoms with Crippen LogP contribution < -0.4 is 0 Å². The Balaban J connectivity index is 2.07. The number of aromatic amines is 1. The number of nitrogens with one attached hydrogen (secondary N) is 1. The highest BCUT2D eigenvalue weighted by Crippen LogP contribution is 2.38. The van der Waals surface area contributed by atoms with Crippen molar-refractivity contribution >= 4 is 5.97 Å². The van der Waals surface area contributed by atoms with Crippen LogP contribution in [0.25, 0.3) is 0 Å². The van der Waals surface area contributed by atoms with Crippen molar-refractivity contribution in [2.45, 2.75) is 26.2 Å². The smallest absolute Gasteiger partial charge is 0.339 e. The Hall–Kier alpha value is -1.32. The SMILES string of the molecule is CC(Cc1[nH]ncc1C(=O)O)C1CC1. The Kier molecular flexibility index (Phi) is 2.27. The van der Waals surface area contributed by atoms with E-state index in [1.165, 1.54) is 19.0 Å². The number of aromatic nitrogens is 2. The summed E-state index contributed by atoms with van der Waals surface area (Å²) in [7, 11) is 0. The predicted octanol–water partition coefficient (Wildman–Crippen LogP) is 1.70. The normalized spacial score (nSPS) is 18.1. The van der Waals surface area contributed by atoms with Crippen molar-refractivity contribution in [3.05, 3.63) is 17.5 Å². The minimum absolute atomic E-state index is 0.317. The molecule has 1 heterocycles. The number of hydrogen-bond donors (Lipinski definition) is 2. The molecule has 0 bridgehead atoms. The Labute approximate surface area is 82.3 Å². The van der Waals surface area contributed by atoms with E-state index in [2.05, 4.69) is 17.1 Å². The molecule has 76 valence electrons. The molecule has 0 aromatic carbocycles. The van der Waals surface area contributed by atoms with Crippen LogP contribution in [0, 0.1) is 11.8 Å². The minimum Gasteiger partial charge on any atom is -0.478 e. The molecule has 1 aromatic rings. The third-order valence-corrected chi connectivity index (χ3v) is 2.90. The van der Waals surface area contributed by atoms with E-state index in [1.54, 1.807) is 0 Å². The second kappa shape index (κ2) is 3.44. The van der Waals surface area contributed by atoms with Crippen molar-refractivity contribution in [1.82, 2.24) is 10.2 Å². The van der Waals surface area contributed by atoms with Gasteiger partial charge in [-0.2, -0.15) is 5.10 Å². The van der Waals surface area contributed by atoms with Crippen LogP contribution >= 0.6 is 0 Å². The zero-order chi connectivity index (χ0) is 10.1. The number of rotatable bonds is 4. The van der Waals surface area contributed by atoms with Crippen molar-refractivity contribution in [3.8, 4) is 0 Å². The Morgan fingerprint density at radius 2 is 2.50 bits per heavy atom. The van der Waals surface area contributed by atoms with Crippen LogP contribution in [0.4, 0.5) is 0 Å². The maximum Gasteiger partial charge on any atom is 0.339 e. The maximum atomic E-state index is 10.8. The van der Waals surface area contributed by atoms with E-state index in [4.69, 9.17) is 5.11 Å². The van der Waals surface area contributed by atoms with Gasteiger partial charge in [-0.3, -0.25) is 5.10 Å². The monoisotopic (exact) mass is 194 g/mol. The molecule has 0 aliphatic heterocycles. The molecule has 1 aliphatic rings. The summed E-state index contributed by atoms with van der Waals surface area (Å²) < 4.78 is 0. The van der Waals surface area contributed by atoms with Crippen LogP contribution in [0.3, 0.4) is 0 Å². The number of carboxylic acid groups (broad SMARTS) is 1. The third-order valence-electron chi connectivity index (χ3n) is 2.90. The first-order valence-electron chi connectivity index (χ1n) is 4.94. The fourth-order valence-electron chi connectivity index (χ4n) is 1.81. The molecule has 1 fully saturated rings. The maximum absolute atomic E-state index is 10.8. The molecule has 1 atom stereocenters. The Bertz CT molecular complexity index is 342. The van der Waals surface area contributed by atoms with E-state index in [1.807, 2.05) is 0 Å². The molecule has 1 aromatic heterocycles. The van der Waals surface area contributed by atoms with E-state index in [0.29, 0.717) is 11.5 Å². The van der Waals surface area contributed by atoms with Gasteiger partial charge in [0, 0.05) is 5.69 Å². The average Bonchev–Trinajstić information content (AvgIpc) is 2.87. The van der Waals surface area contributed by atoms with Gasteiger partial charge in [-0.15, -0.1) is 0 Å². The standard InChI is InChI=1S/C10H14N2O2/c1-6(7-2-3-7)4-9-8(10(13)14)5-11-12-9/h5-7H,2-4H2,1H3,(H,11,12)(H,13,14). The van der Waals surface area contributed by atoms with Crippen LogP contribution in [-0.2, 0) is 6.42 Å². The highest BCUT2D eigenvalue weighted by Gasteiger charge is 2.29. The summed E-state index contributed by atoms with van der Waals surface area (Å²) in [5, 5.41) is 15.4. The first kappa shape index (κ1) is 9.24. The van der Waals surface area contributed by atoms with Crippen molar-refractivity contribution in [2.75, 3.05) is 0 Å². The molecular weight excluding hydrogens is 180 g/mol. The van der Waals surface area contributed by atoms with Gasteiger partial charge in [0.15, 0.2) is 0 Å². The summed E-state index contributed by atoms with van der Waals surface area (Å²) in [5.41, 5.74) is 1.08. The van der Waals surface area contributed by atoms with E-state index in [9.17, 15) is 4.79 Å². The summed E-state index contributed by atoms with van der Waals surface area (Å²) in [5.74, 6) is 0.463. The minimum atomic E-state index is -0.892.